The molecule has 2 rings (SSSR count). The number of rotatable bonds is 3. The van der Waals surface area contributed by atoms with E-state index in [2.05, 4.69) is 4.98 Å². The predicted octanol–water partition coefficient (Wildman–Crippen LogP) is 2.30. The molecule has 0 aliphatic heterocycles. The van der Waals surface area contributed by atoms with Crippen LogP contribution in [0.3, 0.4) is 0 Å². The fourth-order valence-corrected chi connectivity index (χ4v) is 1.55. The van der Waals surface area contributed by atoms with Crippen LogP contribution in [0.2, 0.25) is 0 Å². The molecule has 0 amide bonds. The summed E-state index contributed by atoms with van der Waals surface area (Å²) in [5, 5.41) is 0. The normalized spacial score (nSPS) is 10.3. The van der Waals surface area contributed by atoms with E-state index in [-0.39, 0.29) is 6.01 Å². The zero-order valence-electron chi connectivity index (χ0n) is 8.93. The topological polar surface area (TPSA) is 69.1 Å². The Morgan fingerprint density at radius 1 is 1.38 bits per heavy atom. The zero-order valence-corrected chi connectivity index (χ0v) is 8.93. The van der Waals surface area contributed by atoms with Crippen molar-refractivity contribution in [3.05, 3.63) is 35.6 Å². The number of nitrogens with zero attached hydrogens (tertiary/aromatic N) is 1. The number of aldehydes is 1. The molecule has 82 valence electrons. The molecule has 0 saturated heterocycles. The van der Waals surface area contributed by atoms with E-state index in [0.717, 1.165) is 29.7 Å². The first-order valence-corrected chi connectivity index (χ1v) is 5.05. The van der Waals surface area contributed by atoms with E-state index in [4.69, 9.17) is 10.2 Å². The van der Waals surface area contributed by atoms with Gasteiger partial charge in [-0.1, -0.05) is 31.2 Å². The van der Waals surface area contributed by atoms with Gasteiger partial charge in [-0.15, -0.1) is 0 Å². The summed E-state index contributed by atoms with van der Waals surface area (Å²) in [4.78, 5) is 14.7. The molecule has 0 radical (unpaired) electrons. The summed E-state index contributed by atoms with van der Waals surface area (Å²) in [5.41, 5.74) is 7.80. The van der Waals surface area contributed by atoms with Crippen molar-refractivity contribution in [1.29, 1.82) is 0 Å². The molecule has 16 heavy (non-hydrogen) atoms. The number of oxazole rings is 1. The Labute approximate surface area is 93.1 Å². The van der Waals surface area contributed by atoms with E-state index in [0.29, 0.717) is 5.56 Å². The van der Waals surface area contributed by atoms with Crippen LogP contribution in [0.25, 0.3) is 11.3 Å². The van der Waals surface area contributed by atoms with Crippen LogP contribution in [0.1, 0.15) is 23.0 Å². The van der Waals surface area contributed by atoms with Crippen LogP contribution < -0.4 is 5.73 Å². The maximum atomic E-state index is 10.5. The Morgan fingerprint density at radius 2 is 2.06 bits per heavy atom. The number of anilines is 1. The molecule has 0 bridgehead atoms. The van der Waals surface area contributed by atoms with Crippen molar-refractivity contribution < 1.29 is 9.21 Å². The second-order valence-electron chi connectivity index (χ2n) is 3.42. The molecular weight excluding hydrogens is 204 g/mol. The highest BCUT2D eigenvalue weighted by Crippen LogP contribution is 2.25. The summed E-state index contributed by atoms with van der Waals surface area (Å²) >= 11 is 0. The van der Waals surface area contributed by atoms with Gasteiger partial charge < -0.3 is 10.2 Å². The van der Waals surface area contributed by atoms with Gasteiger partial charge in [0.05, 0.1) is 0 Å². The second kappa shape index (κ2) is 4.18. The number of carbonyl (C=O) groups is 1. The Bertz CT molecular complexity index is 500. The number of nitrogens with two attached hydrogens (primary N) is 1. The van der Waals surface area contributed by atoms with Gasteiger partial charge in [-0.25, -0.2) is 0 Å². The zero-order chi connectivity index (χ0) is 11.5. The van der Waals surface area contributed by atoms with Crippen LogP contribution in [0.15, 0.2) is 28.7 Å². The van der Waals surface area contributed by atoms with E-state index in [1.807, 2.05) is 19.1 Å². The lowest BCUT2D eigenvalue weighted by Gasteiger charge is -1.98. The van der Waals surface area contributed by atoms with Gasteiger partial charge in [-0.3, -0.25) is 4.79 Å². The smallest absolute Gasteiger partial charge is 0.292 e. The molecule has 0 atom stereocenters. The highest BCUT2D eigenvalue weighted by Gasteiger charge is 2.11. The molecule has 2 aromatic rings. The largest absolute Gasteiger partial charge is 0.428 e. The van der Waals surface area contributed by atoms with Gasteiger partial charge in [-0.05, 0) is 0 Å². The number of carbonyl (C=O) groups excluding carboxylic acids is 1. The van der Waals surface area contributed by atoms with Crippen molar-refractivity contribution in [2.45, 2.75) is 13.3 Å². The van der Waals surface area contributed by atoms with Gasteiger partial charge in [0.25, 0.3) is 6.01 Å². The monoisotopic (exact) mass is 216 g/mol. The van der Waals surface area contributed by atoms with Crippen molar-refractivity contribution in [3.63, 3.8) is 0 Å². The van der Waals surface area contributed by atoms with Gasteiger partial charge in [0.2, 0.25) is 0 Å². The standard InChI is InChI=1S/C12H12N2O2/c1-2-10-11(14-12(13)16-10)9-5-3-8(7-15)4-6-9/h3-7H,2H2,1H3,(H2,13,14). The van der Waals surface area contributed by atoms with Crippen LogP contribution in [-0.4, -0.2) is 11.3 Å². The molecule has 0 saturated carbocycles. The summed E-state index contributed by atoms with van der Waals surface area (Å²) in [6.45, 7) is 1.98. The molecule has 4 heteroatoms. The van der Waals surface area contributed by atoms with Crippen molar-refractivity contribution in [2.75, 3.05) is 5.73 Å². The summed E-state index contributed by atoms with van der Waals surface area (Å²) < 4.78 is 5.27. The third kappa shape index (κ3) is 1.82. The summed E-state index contributed by atoms with van der Waals surface area (Å²) in [6.07, 6.45) is 1.54. The van der Waals surface area contributed by atoms with Crippen LogP contribution in [0.4, 0.5) is 6.01 Å². The number of benzene rings is 1. The first-order valence-electron chi connectivity index (χ1n) is 5.05. The minimum Gasteiger partial charge on any atom is -0.428 e. The van der Waals surface area contributed by atoms with Gasteiger partial charge in [0.15, 0.2) is 0 Å². The minimum absolute atomic E-state index is 0.173. The first-order chi connectivity index (χ1) is 7.74. The van der Waals surface area contributed by atoms with E-state index in [9.17, 15) is 4.79 Å². The van der Waals surface area contributed by atoms with E-state index in [1.54, 1.807) is 12.1 Å². The van der Waals surface area contributed by atoms with Crippen LogP contribution in [0, 0.1) is 0 Å². The SMILES string of the molecule is CCc1oc(N)nc1-c1ccc(C=O)cc1. The fraction of sp³-hybridized carbons (Fsp3) is 0.167. The number of aryl methyl sites for hydroxylation is 1. The minimum atomic E-state index is 0.173. The van der Waals surface area contributed by atoms with Crippen molar-refractivity contribution in [2.24, 2.45) is 0 Å². The maximum Gasteiger partial charge on any atom is 0.292 e. The van der Waals surface area contributed by atoms with E-state index in [1.165, 1.54) is 0 Å². The van der Waals surface area contributed by atoms with E-state index < -0.39 is 0 Å². The Morgan fingerprint density at radius 3 is 2.62 bits per heavy atom. The van der Waals surface area contributed by atoms with Crippen LogP contribution in [-0.2, 0) is 6.42 Å². The molecule has 4 nitrogen and oxygen atoms in total. The highest BCUT2D eigenvalue weighted by atomic mass is 16.4. The molecule has 0 aliphatic carbocycles. The summed E-state index contributed by atoms with van der Waals surface area (Å²) in [6, 6.07) is 7.32. The lowest BCUT2D eigenvalue weighted by molar-refractivity contribution is 0.112. The maximum absolute atomic E-state index is 10.5. The summed E-state index contributed by atoms with van der Waals surface area (Å²) in [5.74, 6) is 0.761. The average Bonchev–Trinajstić information content (AvgIpc) is 2.70. The molecule has 1 heterocycles. The number of hydrogen-bond donors (Lipinski definition) is 1. The quantitative estimate of drug-likeness (QED) is 0.799. The van der Waals surface area contributed by atoms with Crippen molar-refractivity contribution in [1.82, 2.24) is 4.98 Å². The van der Waals surface area contributed by atoms with Gasteiger partial charge >= 0.3 is 0 Å². The average molecular weight is 216 g/mol. The Hall–Kier alpha value is -2.10. The third-order valence-electron chi connectivity index (χ3n) is 2.36. The molecule has 1 aromatic heterocycles. The van der Waals surface area contributed by atoms with Gasteiger partial charge in [0, 0.05) is 17.5 Å². The Kier molecular flexibility index (Phi) is 2.72. The van der Waals surface area contributed by atoms with Gasteiger partial charge in [-0.2, -0.15) is 4.98 Å². The van der Waals surface area contributed by atoms with E-state index >= 15 is 0 Å². The summed E-state index contributed by atoms with van der Waals surface area (Å²) in [7, 11) is 0. The number of hydrogen-bond acceptors (Lipinski definition) is 4. The molecule has 0 aliphatic rings. The van der Waals surface area contributed by atoms with Crippen LogP contribution >= 0.6 is 0 Å². The van der Waals surface area contributed by atoms with Crippen molar-refractivity contribution in [3.8, 4) is 11.3 Å². The lowest BCUT2D eigenvalue weighted by atomic mass is 10.1. The highest BCUT2D eigenvalue weighted by molar-refractivity contribution is 5.76. The molecular formula is C12H12N2O2. The predicted molar refractivity (Wildman–Crippen MR) is 61.1 cm³/mol. The third-order valence-corrected chi connectivity index (χ3v) is 2.36. The molecule has 1 aromatic carbocycles. The molecule has 0 spiro atoms. The van der Waals surface area contributed by atoms with Crippen molar-refractivity contribution >= 4 is 12.3 Å². The first kappa shape index (κ1) is 10.4. The second-order valence-corrected chi connectivity index (χ2v) is 3.42. The fourth-order valence-electron chi connectivity index (χ4n) is 1.55. The Balaban J connectivity index is 2.45. The molecule has 0 unspecified atom stereocenters. The molecule has 2 N–H and O–H groups in total. The number of aromatic nitrogens is 1. The lowest BCUT2D eigenvalue weighted by Crippen LogP contribution is -1.86. The molecule has 0 fully saturated rings. The number of nitrogen functional groups attached to an aromatic ring is 1. The van der Waals surface area contributed by atoms with Crippen LogP contribution in [0.5, 0.6) is 0 Å². The van der Waals surface area contributed by atoms with Gasteiger partial charge in [0.1, 0.15) is 17.7 Å².